The Morgan fingerprint density at radius 3 is 2.71 bits per heavy atom. The smallest absolute Gasteiger partial charge is 0.119 e. The molecule has 1 atom stereocenters. The molecule has 2 N–H and O–H groups in total. The molecule has 0 amide bonds. The molecule has 0 saturated carbocycles. The SMILES string of the molecule is O[C@H](COc1cccc(CNCCN2CCOCC2)c1)CN1CCc2ccccc2C1. The zero-order valence-electron chi connectivity index (χ0n) is 18.3. The van der Waals surface area contributed by atoms with Crippen molar-refractivity contribution in [1.82, 2.24) is 15.1 Å². The Bertz CT molecular complexity index is 810. The number of aliphatic hydroxyl groups is 1. The second-order valence-electron chi connectivity index (χ2n) is 8.50. The minimum Gasteiger partial charge on any atom is -0.491 e. The predicted molar refractivity (Wildman–Crippen MR) is 122 cm³/mol. The summed E-state index contributed by atoms with van der Waals surface area (Å²) in [6.45, 7) is 9.40. The van der Waals surface area contributed by atoms with Gasteiger partial charge in [0.1, 0.15) is 18.5 Å². The van der Waals surface area contributed by atoms with Crippen molar-refractivity contribution in [2.75, 3.05) is 59.1 Å². The van der Waals surface area contributed by atoms with Crippen molar-refractivity contribution in [1.29, 1.82) is 0 Å². The van der Waals surface area contributed by atoms with Crippen LogP contribution in [0.15, 0.2) is 48.5 Å². The zero-order valence-corrected chi connectivity index (χ0v) is 18.3. The van der Waals surface area contributed by atoms with Crippen molar-refractivity contribution in [3.63, 3.8) is 0 Å². The lowest BCUT2D eigenvalue weighted by Gasteiger charge is -2.30. The summed E-state index contributed by atoms with van der Waals surface area (Å²) in [5.41, 5.74) is 4.00. The quantitative estimate of drug-likeness (QED) is 0.567. The van der Waals surface area contributed by atoms with E-state index in [1.807, 2.05) is 12.1 Å². The Balaban J connectivity index is 1.16. The highest BCUT2D eigenvalue weighted by Crippen LogP contribution is 2.19. The van der Waals surface area contributed by atoms with E-state index in [2.05, 4.69) is 51.5 Å². The molecule has 0 radical (unpaired) electrons. The van der Waals surface area contributed by atoms with E-state index in [1.165, 1.54) is 16.7 Å². The van der Waals surface area contributed by atoms with Crippen LogP contribution in [0.5, 0.6) is 5.75 Å². The van der Waals surface area contributed by atoms with Gasteiger partial charge in [-0.1, -0.05) is 36.4 Å². The Kier molecular flexibility index (Phi) is 8.32. The summed E-state index contributed by atoms with van der Waals surface area (Å²) in [6, 6.07) is 16.7. The van der Waals surface area contributed by atoms with Gasteiger partial charge in [0.25, 0.3) is 0 Å². The fourth-order valence-electron chi connectivity index (χ4n) is 4.29. The van der Waals surface area contributed by atoms with Crippen LogP contribution in [0.1, 0.15) is 16.7 Å². The molecule has 0 bridgehead atoms. The van der Waals surface area contributed by atoms with Crippen LogP contribution in [0.2, 0.25) is 0 Å². The number of hydrogen-bond acceptors (Lipinski definition) is 6. The van der Waals surface area contributed by atoms with Gasteiger partial charge in [-0.15, -0.1) is 0 Å². The molecule has 168 valence electrons. The zero-order chi connectivity index (χ0) is 21.3. The highest BCUT2D eigenvalue weighted by atomic mass is 16.5. The molecule has 2 aliphatic heterocycles. The first-order chi connectivity index (χ1) is 15.3. The molecule has 4 rings (SSSR count). The first kappa shape index (κ1) is 22.2. The van der Waals surface area contributed by atoms with Crippen molar-refractivity contribution in [3.8, 4) is 5.75 Å². The second kappa shape index (κ2) is 11.6. The minimum absolute atomic E-state index is 0.312. The molecule has 0 aliphatic carbocycles. The molecule has 1 fully saturated rings. The van der Waals surface area contributed by atoms with E-state index in [0.717, 1.165) is 71.2 Å². The third kappa shape index (κ3) is 7.02. The average molecular weight is 426 g/mol. The Morgan fingerprint density at radius 2 is 1.84 bits per heavy atom. The summed E-state index contributed by atoms with van der Waals surface area (Å²) < 4.78 is 11.3. The lowest BCUT2D eigenvalue weighted by Crippen LogP contribution is -2.40. The largest absolute Gasteiger partial charge is 0.491 e. The summed E-state index contributed by atoms with van der Waals surface area (Å²) in [4.78, 5) is 4.74. The van der Waals surface area contributed by atoms with Crippen molar-refractivity contribution in [3.05, 3.63) is 65.2 Å². The van der Waals surface area contributed by atoms with Gasteiger partial charge in [-0.3, -0.25) is 9.80 Å². The summed E-state index contributed by atoms with van der Waals surface area (Å²) in [6.07, 6.45) is 0.546. The van der Waals surface area contributed by atoms with Gasteiger partial charge < -0.3 is 19.9 Å². The van der Waals surface area contributed by atoms with Crippen LogP contribution in [0.4, 0.5) is 0 Å². The Hall–Kier alpha value is -1.96. The van der Waals surface area contributed by atoms with Gasteiger partial charge in [0.05, 0.1) is 13.2 Å². The van der Waals surface area contributed by atoms with Crippen molar-refractivity contribution >= 4 is 0 Å². The molecule has 0 spiro atoms. The van der Waals surface area contributed by atoms with Crippen LogP contribution < -0.4 is 10.1 Å². The number of β-amino-alcohol motifs (C(OH)–C–C–N with tert-alkyl or cyclic N) is 1. The molecule has 31 heavy (non-hydrogen) atoms. The average Bonchev–Trinajstić information content (AvgIpc) is 2.81. The molecule has 6 nitrogen and oxygen atoms in total. The lowest BCUT2D eigenvalue weighted by molar-refractivity contribution is 0.0384. The van der Waals surface area contributed by atoms with Gasteiger partial charge in [-0.25, -0.2) is 0 Å². The maximum Gasteiger partial charge on any atom is 0.119 e. The summed E-state index contributed by atoms with van der Waals surface area (Å²) in [5.74, 6) is 0.815. The molecule has 0 unspecified atom stereocenters. The van der Waals surface area contributed by atoms with Gasteiger partial charge in [0.15, 0.2) is 0 Å². The fraction of sp³-hybridized carbons (Fsp3) is 0.520. The second-order valence-corrected chi connectivity index (χ2v) is 8.50. The van der Waals surface area contributed by atoms with Crippen LogP contribution in [0.3, 0.4) is 0 Å². The molecule has 6 heteroatoms. The third-order valence-electron chi connectivity index (χ3n) is 6.06. The van der Waals surface area contributed by atoms with Crippen LogP contribution in [-0.4, -0.2) is 80.1 Å². The standard InChI is InChI=1S/C25H35N3O3/c29-24(19-28-10-8-22-5-1-2-6-23(22)18-28)20-31-25-7-3-4-21(16-25)17-26-9-11-27-12-14-30-15-13-27/h1-7,16,24,26,29H,8-15,17-20H2/t24-/m0/s1. The first-order valence-electron chi connectivity index (χ1n) is 11.5. The molecule has 2 aromatic rings. The van der Waals surface area contributed by atoms with Crippen molar-refractivity contribution in [2.24, 2.45) is 0 Å². The summed E-state index contributed by atoms with van der Waals surface area (Å²) in [5, 5.41) is 14.0. The number of ether oxygens (including phenoxy) is 2. The monoisotopic (exact) mass is 425 g/mol. The Morgan fingerprint density at radius 1 is 1.00 bits per heavy atom. The molecule has 2 aliphatic rings. The van der Waals surface area contributed by atoms with Gasteiger partial charge in [0.2, 0.25) is 0 Å². The topological polar surface area (TPSA) is 57.2 Å². The molecular weight excluding hydrogens is 390 g/mol. The van der Waals surface area contributed by atoms with E-state index in [4.69, 9.17) is 9.47 Å². The van der Waals surface area contributed by atoms with Gasteiger partial charge >= 0.3 is 0 Å². The first-order valence-corrected chi connectivity index (χ1v) is 11.5. The minimum atomic E-state index is -0.499. The third-order valence-corrected chi connectivity index (χ3v) is 6.06. The normalized spacial score (nSPS) is 18.5. The van der Waals surface area contributed by atoms with Crippen LogP contribution >= 0.6 is 0 Å². The van der Waals surface area contributed by atoms with Gasteiger partial charge in [-0.05, 0) is 35.2 Å². The number of nitrogens with one attached hydrogen (secondary N) is 1. The van der Waals surface area contributed by atoms with Crippen LogP contribution in [0, 0.1) is 0 Å². The number of nitrogens with zero attached hydrogens (tertiary/aromatic N) is 2. The number of aliphatic hydroxyl groups excluding tert-OH is 1. The summed E-state index contributed by atoms with van der Waals surface area (Å²) >= 11 is 0. The van der Waals surface area contributed by atoms with Crippen molar-refractivity contribution < 1.29 is 14.6 Å². The van der Waals surface area contributed by atoms with E-state index in [0.29, 0.717) is 13.2 Å². The van der Waals surface area contributed by atoms with E-state index in [9.17, 15) is 5.11 Å². The van der Waals surface area contributed by atoms with Gasteiger partial charge in [0, 0.05) is 52.4 Å². The molecule has 1 saturated heterocycles. The number of rotatable bonds is 10. The highest BCUT2D eigenvalue weighted by Gasteiger charge is 2.18. The number of fused-ring (bicyclic) bond motifs is 1. The van der Waals surface area contributed by atoms with E-state index >= 15 is 0 Å². The molecule has 2 heterocycles. The molecular formula is C25H35N3O3. The number of benzene rings is 2. The molecule has 0 aromatic heterocycles. The van der Waals surface area contributed by atoms with Crippen molar-refractivity contribution in [2.45, 2.75) is 25.6 Å². The highest BCUT2D eigenvalue weighted by molar-refractivity contribution is 5.29. The van der Waals surface area contributed by atoms with E-state index < -0.39 is 6.10 Å². The number of hydrogen-bond donors (Lipinski definition) is 2. The Labute approximate surface area is 185 Å². The summed E-state index contributed by atoms with van der Waals surface area (Å²) in [7, 11) is 0. The maximum atomic E-state index is 10.5. The molecule has 2 aromatic carbocycles. The lowest BCUT2D eigenvalue weighted by atomic mass is 10.00. The van der Waals surface area contributed by atoms with Crippen LogP contribution in [-0.2, 0) is 24.2 Å². The van der Waals surface area contributed by atoms with E-state index in [1.54, 1.807) is 0 Å². The van der Waals surface area contributed by atoms with E-state index in [-0.39, 0.29) is 0 Å². The van der Waals surface area contributed by atoms with Gasteiger partial charge in [-0.2, -0.15) is 0 Å². The predicted octanol–water partition coefficient (Wildman–Crippen LogP) is 1.91. The number of morpholine rings is 1. The fourth-order valence-corrected chi connectivity index (χ4v) is 4.29. The maximum absolute atomic E-state index is 10.5. The van der Waals surface area contributed by atoms with Crippen LogP contribution in [0.25, 0.3) is 0 Å².